The van der Waals surface area contributed by atoms with Crippen molar-refractivity contribution in [2.45, 2.75) is 245 Å². The topological polar surface area (TPSA) is 111 Å². The van der Waals surface area contributed by atoms with E-state index in [1.165, 1.54) is 89.9 Å². The molecule has 10 heteroatoms. The van der Waals surface area contributed by atoms with Crippen molar-refractivity contribution in [1.82, 2.24) is 5.32 Å². The van der Waals surface area contributed by atoms with Crippen molar-refractivity contribution in [3.8, 4) is 0 Å². The smallest absolute Gasteiger partial charge is 0.456 e. The van der Waals surface area contributed by atoms with Gasteiger partial charge in [-0.05, 0) is 102 Å². The number of esters is 1. The van der Waals surface area contributed by atoms with Gasteiger partial charge in [-0.1, -0.05) is 202 Å². The van der Waals surface area contributed by atoms with Gasteiger partial charge in [-0.15, -0.1) is 0 Å². The molecule has 9 nitrogen and oxygen atoms in total. The number of carbonyl (C=O) groups excluding carboxylic acids is 2. The van der Waals surface area contributed by atoms with Crippen LogP contribution in [0.3, 0.4) is 0 Å². The van der Waals surface area contributed by atoms with Gasteiger partial charge in [-0.25, -0.2) is 4.57 Å². The van der Waals surface area contributed by atoms with Crippen LogP contribution in [0.25, 0.3) is 0 Å². The summed E-state index contributed by atoms with van der Waals surface area (Å²) in [6.45, 7) is 6.83. The minimum Gasteiger partial charge on any atom is -0.456 e. The predicted octanol–water partition coefficient (Wildman–Crippen LogP) is 17.0. The van der Waals surface area contributed by atoms with Gasteiger partial charge in [-0.2, -0.15) is 0 Å². The van der Waals surface area contributed by atoms with Gasteiger partial charge >= 0.3 is 13.8 Å². The first-order valence-corrected chi connectivity index (χ1v) is 29.9. The molecule has 0 spiro atoms. The molecule has 2 N–H and O–H groups in total. The summed E-state index contributed by atoms with van der Waals surface area (Å²) in [5, 5.41) is 3.02. The second-order valence-corrected chi connectivity index (χ2v) is 21.5. The van der Waals surface area contributed by atoms with Crippen LogP contribution in [-0.4, -0.2) is 74.3 Å². The Kier molecular flexibility index (Phi) is 47.8. The Morgan fingerprint density at radius 1 is 0.514 bits per heavy atom. The number of carbonyl (C=O) groups is 2. The maximum Gasteiger partial charge on any atom is 0.472 e. The number of amides is 1. The van der Waals surface area contributed by atoms with E-state index in [9.17, 15) is 19.0 Å². The van der Waals surface area contributed by atoms with Crippen LogP contribution in [0.5, 0.6) is 0 Å². The summed E-state index contributed by atoms with van der Waals surface area (Å²) < 4.78 is 30.5. The van der Waals surface area contributed by atoms with Crippen LogP contribution in [0.1, 0.15) is 233 Å². The fraction of sp³-hybridized carbons (Fsp3) is 0.733. The number of phosphoric ester groups is 1. The third-order valence-electron chi connectivity index (χ3n) is 12.1. The number of nitrogens with zero attached hydrogens (tertiary/aromatic N) is 1. The van der Waals surface area contributed by atoms with E-state index >= 15 is 0 Å². The van der Waals surface area contributed by atoms with Crippen molar-refractivity contribution in [3.63, 3.8) is 0 Å². The van der Waals surface area contributed by atoms with Gasteiger partial charge in [0.1, 0.15) is 19.3 Å². The highest BCUT2D eigenvalue weighted by Gasteiger charge is 2.30. The van der Waals surface area contributed by atoms with E-state index in [0.29, 0.717) is 23.9 Å². The SMILES string of the molecule is CC/C=C\C/C=C\C/C=C\C/C=C\C/C=C\CCCCCC(=O)NC(COP(=O)(O)OCC[N+](C)(C)C)C(/C=C\CCCCCCCCCCC)OC(=O)CCCCC/C=C\CCCCCCCCC. The summed E-state index contributed by atoms with van der Waals surface area (Å²) in [6.07, 6.45) is 64.4. The maximum atomic E-state index is 13.5. The lowest BCUT2D eigenvalue weighted by molar-refractivity contribution is -0.870. The van der Waals surface area contributed by atoms with E-state index in [2.05, 4.69) is 99.0 Å². The van der Waals surface area contributed by atoms with Crippen molar-refractivity contribution in [2.24, 2.45) is 0 Å². The number of nitrogens with one attached hydrogen (secondary N) is 1. The molecule has 70 heavy (non-hydrogen) atoms. The molecule has 0 saturated heterocycles. The summed E-state index contributed by atoms with van der Waals surface area (Å²) >= 11 is 0. The Bertz CT molecular complexity index is 1480. The summed E-state index contributed by atoms with van der Waals surface area (Å²) in [5.74, 6) is -0.566. The van der Waals surface area contributed by atoms with Gasteiger partial charge < -0.3 is 19.4 Å². The van der Waals surface area contributed by atoms with Gasteiger partial charge in [-0.3, -0.25) is 18.6 Å². The van der Waals surface area contributed by atoms with E-state index in [0.717, 1.165) is 96.3 Å². The number of hydrogen-bond acceptors (Lipinski definition) is 6. The van der Waals surface area contributed by atoms with E-state index in [4.69, 9.17) is 13.8 Å². The number of unbranched alkanes of at least 4 members (excludes halogenated alkanes) is 22. The zero-order valence-corrected chi connectivity index (χ0v) is 46.9. The van der Waals surface area contributed by atoms with Crippen molar-refractivity contribution >= 4 is 19.7 Å². The van der Waals surface area contributed by atoms with E-state index in [1.54, 1.807) is 0 Å². The molecule has 0 rings (SSSR count). The standard InChI is InChI=1S/C60H107N2O7P/c1-7-10-13-16-19-22-25-27-29-30-31-32-33-34-37-40-43-46-49-52-59(63)61-57(56-68-70(65,66)67-55-54-62(4,5)6)58(51-48-45-42-39-36-24-21-18-15-12-9-3)69-60(64)53-50-47-44-41-38-35-28-26-23-20-17-14-11-8-2/h10,13,19,22,27,29,31-32,34-35,37-38,48,51,57-58H,7-9,11-12,14-18,20-21,23-26,28,30,33,36,39-47,49-50,52-56H2,1-6H3,(H-,61,63,65,66)/p+1/b13-10-,22-19-,29-27-,32-31-,37-34-,38-35-,51-48-. The van der Waals surface area contributed by atoms with Crippen molar-refractivity contribution in [2.75, 3.05) is 40.9 Å². The molecule has 0 heterocycles. The molecule has 3 unspecified atom stereocenters. The number of phosphoric acid groups is 1. The molecule has 0 saturated carbocycles. The van der Waals surface area contributed by atoms with Gasteiger partial charge in [0, 0.05) is 12.8 Å². The van der Waals surface area contributed by atoms with Crippen LogP contribution in [-0.2, 0) is 27.9 Å². The van der Waals surface area contributed by atoms with Crippen molar-refractivity contribution < 1.29 is 37.3 Å². The number of likely N-dealkylation sites (N-methyl/N-ethyl adjacent to an activating group) is 1. The summed E-state index contributed by atoms with van der Waals surface area (Å²) in [4.78, 5) is 37.5. The maximum absolute atomic E-state index is 13.5. The average Bonchev–Trinajstić information content (AvgIpc) is 3.32. The zero-order valence-electron chi connectivity index (χ0n) is 46.0. The Labute approximate surface area is 431 Å². The van der Waals surface area contributed by atoms with Crippen molar-refractivity contribution in [1.29, 1.82) is 0 Å². The third kappa shape index (κ3) is 50.1. The minimum atomic E-state index is -4.46. The molecule has 0 aliphatic rings. The van der Waals surface area contributed by atoms with E-state index < -0.39 is 20.0 Å². The van der Waals surface area contributed by atoms with Crippen LogP contribution < -0.4 is 5.32 Å². The third-order valence-corrected chi connectivity index (χ3v) is 13.1. The highest BCUT2D eigenvalue weighted by molar-refractivity contribution is 7.47. The quantitative estimate of drug-likeness (QED) is 0.0205. The molecular formula is C60H108N2O7P+. The highest BCUT2D eigenvalue weighted by atomic mass is 31.2. The molecule has 404 valence electrons. The molecule has 3 atom stereocenters. The Balaban J connectivity index is 5.41. The molecule has 0 aromatic carbocycles. The van der Waals surface area contributed by atoms with Crippen LogP contribution in [0.15, 0.2) is 85.1 Å². The molecule has 0 radical (unpaired) electrons. The van der Waals surface area contributed by atoms with Crippen molar-refractivity contribution in [3.05, 3.63) is 85.1 Å². The molecule has 0 fully saturated rings. The number of ether oxygens (including phenoxy) is 1. The molecular weight excluding hydrogens is 892 g/mol. The largest absolute Gasteiger partial charge is 0.472 e. The van der Waals surface area contributed by atoms with Crippen LogP contribution in [0, 0.1) is 0 Å². The van der Waals surface area contributed by atoms with Crippen LogP contribution >= 0.6 is 7.82 Å². The lowest BCUT2D eigenvalue weighted by atomic mass is 10.1. The first-order valence-electron chi connectivity index (χ1n) is 28.4. The first-order chi connectivity index (χ1) is 33.9. The fourth-order valence-corrected chi connectivity index (χ4v) is 8.40. The minimum absolute atomic E-state index is 0.0277. The van der Waals surface area contributed by atoms with Crippen LogP contribution in [0.4, 0.5) is 0 Å². The predicted molar refractivity (Wildman–Crippen MR) is 300 cm³/mol. The number of hydrogen-bond donors (Lipinski definition) is 2. The molecule has 0 bridgehead atoms. The Morgan fingerprint density at radius 2 is 0.914 bits per heavy atom. The highest BCUT2D eigenvalue weighted by Crippen LogP contribution is 2.43. The number of allylic oxidation sites excluding steroid dienone is 13. The first kappa shape index (κ1) is 67.2. The molecule has 0 aromatic heterocycles. The lowest BCUT2D eigenvalue weighted by Gasteiger charge is -2.27. The van der Waals surface area contributed by atoms with Gasteiger partial charge in [0.05, 0.1) is 33.8 Å². The zero-order chi connectivity index (χ0) is 51.5. The van der Waals surface area contributed by atoms with Gasteiger partial charge in [0.15, 0.2) is 0 Å². The molecule has 1 amide bonds. The van der Waals surface area contributed by atoms with Gasteiger partial charge in [0.2, 0.25) is 5.91 Å². The Hall–Kier alpha value is -2.81. The summed E-state index contributed by atoms with van der Waals surface area (Å²) in [6, 6.07) is -0.874. The second-order valence-electron chi connectivity index (χ2n) is 20.1. The Morgan fingerprint density at radius 3 is 1.39 bits per heavy atom. The molecule has 0 aliphatic carbocycles. The number of rotatable bonds is 50. The van der Waals surface area contributed by atoms with E-state index in [-0.39, 0.29) is 37.9 Å². The normalized spacial score (nSPS) is 14.4. The molecule has 0 aromatic rings. The monoisotopic (exact) mass is 1000 g/mol. The van der Waals surface area contributed by atoms with Gasteiger partial charge in [0.25, 0.3) is 0 Å². The lowest BCUT2D eigenvalue weighted by Crippen LogP contribution is -2.47. The summed E-state index contributed by atoms with van der Waals surface area (Å²) in [7, 11) is 1.45. The average molecular weight is 1000 g/mol. The summed E-state index contributed by atoms with van der Waals surface area (Å²) in [5.41, 5.74) is 0. The number of quaternary nitrogens is 1. The molecule has 0 aliphatic heterocycles. The fourth-order valence-electron chi connectivity index (χ4n) is 7.67. The van der Waals surface area contributed by atoms with E-state index in [1.807, 2.05) is 33.3 Å². The van der Waals surface area contributed by atoms with Crippen LogP contribution in [0.2, 0.25) is 0 Å². The second kappa shape index (κ2) is 49.8.